The van der Waals surface area contributed by atoms with E-state index in [9.17, 15) is 15.0 Å². The molecule has 0 fully saturated rings. The minimum atomic E-state index is -0.942. The number of benzene rings is 2. The Morgan fingerprint density at radius 2 is 1.67 bits per heavy atom. The lowest BCUT2D eigenvalue weighted by molar-refractivity contribution is 0.0955. The van der Waals surface area contributed by atoms with Gasteiger partial charge in [-0.3, -0.25) is 9.88 Å². The van der Waals surface area contributed by atoms with Crippen LogP contribution in [0.4, 0.5) is 4.79 Å². The number of nitrogens with zero attached hydrogens (tertiary/aromatic N) is 3. The summed E-state index contributed by atoms with van der Waals surface area (Å²) in [5, 5.41) is 20.2. The molecule has 0 saturated heterocycles. The fourth-order valence-electron chi connectivity index (χ4n) is 3.88. The highest BCUT2D eigenvalue weighted by atomic mass is 16.4. The topological polar surface area (TPSA) is 86.5 Å². The van der Waals surface area contributed by atoms with Crippen molar-refractivity contribution in [3.63, 3.8) is 0 Å². The molecule has 2 aromatic carbocycles. The smallest absolute Gasteiger partial charge is 0.408 e. The van der Waals surface area contributed by atoms with Gasteiger partial charge in [0.25, 0.3) is 0 Å². The van der Waals surface area contributed by atoms with Crippen molar-refractivity contribution in [1.29, 1.82) is 0 Å². The molecule has 0 unspecified atom stereocenters. The molecule has 1 amide bonds. The first-order chi connectivity index (χ1) is 15.8. The first-order valence-corrected chi connectivity index (χ1v) is 10.8. The first kappa shape index (κ1) is 22.4. The van der Waals surface area contributed by atoms with Gasteiger partial charge in [-0.1, -0.05) is 54.6 Å². The van der Waals surface area contributed by atoms with Gasteiger partial charge < -0.3 is 10.2 Å². The summed E-state index contributed by atoms with van der Waals surface area (Å²) in [6.07, 6.45) is 0.714. The molecule has 0 aliphatic rings. The Hall–Kier alpha value is -3.77. The molecular formula is C27H27N3O3. The third-order valence-electron chi connectivity index (χ3n) is 5.67. The van der Waals surface area contributed by atoms with Gasteiger partial charge in [-0.15, -0.1) is 0 Å². The van der Waals surface area contributed by atoms with E-state index in [0.717, 1.165) is 38.9 Å². The summed E-state index contributed by atoms with van der Waals surface area (Å²) in [5.74, 6) is 0. The summed E-state index contributed by atoms with van der Waals surface area (Å²) in [5.41, 5.74) is 5.48. The summed E-state index contributed by atoms with van der Waals surface area (Å²) in [6, 6.07) is 21.7. The molecule has 0 spiro atoms. The van der Waals surface area contributed by atoms with Crippen molar-refractivity contribution in [3.8, 4) is 22.4 Å². The van der Waals surface area contributed by atoms with Crippen LogP contribution < -0.4 is 0 Å². The van der Waals surface area contributed by atoms with E-state index in [-0.39, 0.29) is 6.61 Å². The van der Waals surface area contributed by atoms with E-state index in [1.54, 1.807) is 6.20 Å². The molecular weight excluding hydrogens is 414 g/mol. The predicted octanol–water partition coefficient (Wildman–Crippen LogP) is 5.73. The molecule has 2 aromatic heterocycles. The number of aromatic nitrogens is 2. The fraction of sp³-hybridized carbons (Fsp3) is 0.222. The standard InChI is InChI=1S/C27H27N3O3/c1-27(2,3)30(26(32)33)16-18-9-11-20(12-10-18)25-21(19-7-5-4-6-8-19)15-22-23(29-25)13-14-28-24(22)17-31/h4-15,31H,16-17H2,1-3H3,(H,32,33). The predicted molar refractivity (Wildman–Crippen MR) is 130 cm³/mol. The molecule has 6 nitrogen and oxygen atoms in total. The lowest BCUT2D eigenvalue weighted by Crippen LogP contribution is -2.44. The Labute approximate surface area is 193 Å². The van der Waals surface area contributed by atoms with Crippen LogP contribution in [0.15, 0.2) is 72.9 Å². The highest BCUT2D eigenvalue weighted by Gasteiger charge is 2.26. The molecule has 0 saturated carbocycles. The van der Waals surface area contributed by atoms with Crippen LogP contribution >= 0.6 is 0 Å². The van der Waals surface area contributed by atoms with Crippen LogP contribution in [0.5, 0.6) is 0 Å². The van der Waals surface area contributed by atoms with E-state index in [1.807, 2.05) is 87.5 Å². The van der Waals surface area contributed by atoms with E-state index in [1.165, 1.54) is 4.90 Å². The summed E-state index contributed by atoms with van der Waals surface area (Å²) in [6.45, 7) is 5.80. The Bertz CT molecular complexity index is 1280. The number of fused-ring (bicyclic) bond motifs is 1. The lowest BCUT2D eigenvalue weighted by Gasteiger charge is -2.33. The van der Waals surface area contributed by atoms with Gasteiger partial charge in [-0.05, 0) is 44.0 Å². The van der Waals surface area contributed by atoms with Crippen LogP contribution in [0.1, 0.15) is 32.0 Å². The maximum Gasteiger partial charge on any atom is 0.408 e. The van der Waals surface area contributed by atoms with Crippen molar-refractivity contribution in [2.75, 3.05) is 0 Å². The zero-order valence-electron chi connectivity index (χ0n) is 19.0. The zero-order valence-corrected chi connectivity index (χ0v) is 19.0. The van der Waals surface area contributed by atoms with E-state index in [0.29, 0.717) is 12.2 Å². The number of rotatable bonds is 5. The number of amides is 1. The molecule has 0 atom stereocenters. The SMILES string of the molecule is CC(C)(C)N(Cc1ccc(-c2nc3ccnc(CO)c3cc2-c2ccccc2)cc1)C(=O)O. The van der Waals surface area contributed by atoms with Crippen LogP contribution in [0.2, 0.25) is 0 Å². The van der Waals surface area contributed by atoms with Crippen molar-refractivity contribution in [1.82, 2.24) is 14.9 Å². The minimum absolute atomic E-state index is 0.158. The second-order valence-corrected chi connectivity index (χ2v) is 8.97. The number of aliphatic hydroxyl groups excluding tert-OH is 1. The normalized spacial score (nSPS) is 11.5. The van der Waals surface area contributed by atoms with Gasteiger partial charge in [0.15, 0.2) is 0 Å². The van der Waals surface area contributed by atoms with Crippen molar-refractivity contribution in [3.05, 3.63) is 84.2 Å². The number of hydrogen-bond acceptors (Lipinski definition) is 4. The van der Waals surface area contributed by atoms with Gasteiger partial charge in [0.05, 0.1) is 23.5 Å². The molecule has 33 heavy (non-hydrogen) atoms. The Kier molecular flexibility index (Phi) is 6.11. The number of aliphatic hydroxyl groups is 1. The maximum atomic E-state index is 11.7. The molecule has 168 valence electrons. The van der Waals surface area contributed by atoms with Gasteiger partial charge in [-0.25, -0.2) is 9.78 Å². The molecule has 0 bridgehead atoms. The number of carbonyl (C=O) groups is 1. The monoisotopic (exact) mass is 441 g/mol. The maximum absolute atomic E-state index is 11.7. The molecule has 0 aliphatic carbocycles. The van der Waals surface area contributed by atoms with Gasteiger partial charge in [0.1, 0.15) is 0 Å². The second-order valence-electron chi connectivity index (χ2n) is 8.97. The van der Waals surface area contributed by atoms with Crippen LogP contribution in [0, 0.1) is 0 Å². The van der Waals surface area contributed by atoms with Crippen LogP contribution in [0.25, 0.3) is 33.3 Å². The van der Waals surface area contributed by atoms with Gasteiger partial charge in [0.2, 0.25) is 0 Å². The molecule has 0 aliphatic heterocycles. The highest BCUT2D eigenvalue weighted by molar-refractivity contribution is 5.92. The van der Waals surface area contributed by atoms with E-state index in [2.05, 4.69) is 4.98 Å². The summed E-state index contributed by atoms with van der Waals surface area (Å²) < 4.78 is 0. The van der Waals surface area contributed by atoms with Crippen LogP contribution in [-0.4, -0.2) is 36.7 Å². The molecule has 2 heterocycles. The quantitative estimate of drug-likeness (QED) is 0.413. The average Bonchev–Trinajstić information content (AvgIpc) is 2.81. The van der Waals surface area contributed by atoms with Gasteiger partial charge in [0, 0.05) is 34.8 Å². The first-order valence-electron chi connectivity index (χ1n) is 10.8. The van der Waals surface area contributed by atoms with Crippen LogP contribution in [-0.2, 0) is 13.2 Å². The Balaban J connectivity index is 1.80. The number of hydrogen-bond donors (Lipinski definition) is 2. The molecule has 6 heteroatoms. The molecule has 2 N–H and O–H groups in total. The van der Waals surface area contributed by atoms with Crippen molar-refractivity contribution in [2.45, 2.75) is 39.5 Å². The van der Waals surface area contributed by atoms with E-state index in [4.69, 9.17) is 4.98 Å². The van der Waals surface area contributed by atoms with Gasteiger partial charge in [-0.2, -0.15) is 0 Å². The second kappa shape index (κ2) is 9.00. The molecule has 4 rings (SSSR count). The zero-order chi connectivity index (χ0) is 23.6. The van der Waals surface area contributed by atoms with Crippen LogP contribution in [0.3, 0.4) is 0 Å². The van der Waals surface area contributed by atoms with E-state index < -0.39 is 11.6 Å². The average molecular weight is 442 g/mol. The number of pyridine rings is 2. The highest BCUT2D eigenvalue weighted by Crippen LogP contribution is 2.34. The van der Waals surface area contributed by atoms with E-state index >= 15 is 0 Å². The summed E-state index contributed by atoms with van der Waals surface area (Å²) in [7, 11) is 0. The third-order valence-corrected chi connectivity index (χ3v) is 5.67. The lowest BCUT2D eigenvalue weighted by atomic mass is 9.96. The number of carboxylic acid groups (broad SMARTS) is 1. The fourth-order valence-corrected chi connectivity index (χ4v) is 3.88. The summed E-state index contributed by atoms with van der Waals surface area (Å²) >= 11 is 0. The third kappa shape index (κ3) is 4.71. The summed E-state index contributed by atoms with van der Waals surface area (Å²) in [4.78, 5) is 22.4. The minimum Gasteiger partial charge on any atom is -0.465 e. The van der Waals surface area contributed by atoms with Crippen molar-refractivity contribution in [2.24, 2.45) is 0 Å². The molecule has 0 radical (unpaired) electrons. The Morgan fingerprint density at radius 1 is 0.970 bits per heavy atom. The van der Waals surface area contributed by atoms with Crippen molar-refractivity contribution >= 4 is 17.0 Å². The van der Waals surface area contributed by atoms with Crippen molar-refractivity contribution < 1.29 is 15.0 Å². The molecule has 4 aromatic rings. The Morgan fingerprint density at radius 3 is 2.27 bits per heavy atom. The largest absolute Gasteiger partial charge is 0.465 e. The van der Waals surface area contributed by atoms with Gasteiger partial charge >= 0.3 is 6.09 Å².